The number of nitrogens with zero attached hydrogens (tertiary/aromatic N) is 1. The molecule has 2 bridgehead atoms. The molecule has 1 spiro atoms. The van der Waals surface area contributed by atoms with Gasteiger partial charge in [0.2, 0.25) is 5.91 Å². The molecule has 0 radical (unpaired) electrons. The van der Waals surface area contributed by atoms with E-state index < -0.39 is 29.5 Å². The summed E-state index contributed by atoms with van der Waals surface area (Å²) in [6.45, 7) is 0.612. The quantitative estimate of drug-likeness (QED) is 0.796. The van der Waals surface area contributed by atoms with E-state index in [2.05, 4.69) is 0 Å². The second-order valence-electron chi connectivity index (χ2n) is 7.96. The lowest BCUT2D eigenvalue weighted by atomic mass is 9.70. The zero-order valence-electron chi connectivity index (χ0n) is 14.7. The summed E-state index contributed by atoms with van der Waals surface area (Å²) in [6, 6.07) is 5.39. The normalized spacial score (nSPS) is 42.7. The standard InChI is InChI=1S/C20H19NO6/c1-25-9-2-3-12-11(8-9)16-10(5-7-26-16)17-20-6-4-13(27-20)14(19(23)24)15(20)18(22)21(12)17/h2-4,6,8,10,13-17H,5,7H2,1H3,(H,23,24)/t10-,13+,14+,15+,16+,17-,20-/m0/s1. The first-order chi connectivity index (χ1) is 13.1. The molecule has 0 aromatic heterocycles. The Bertz CT molecular complexity index is 912. The number of anilines is 1. The number of carbonyl (C=O) groups is 2. The van der Waals surface area contributed by atoms with Crippen molar-refractivity contribution in [2.24, 2.45) is 17.8 Å². The molecule has 3 fully saturated rings. The summed E-state index contributed by atoms with van der Waals surface area (Å²) in [5.41, 5.74) is 0.838. The van der Waals surface area contributed by atoms with Crippen molar-refractivity contribution in [2.45, 2.75) is 30.3 Å². The van der Waals surface area contributed by atoms with Crippen molar-refractivity contribution >= 4 is 17.6 Å². The molecule has 0 unspecified atom stereocenters. The van der Waals surface area contributed by atoms with Gasteiger partial charge in [0.25, 0.3) is 0 Å². The minimum atomic E-state index is -0.974. The highest BCUT2D eigenvalue weighted by Gasteiger charge is 2.74. The van der Waals surface area contributed by atoms with Gasteiger partial charge < -0.3 is 24.2 Å². The summed E-state index contributed by atoms with van der Waals surface area (Å²) in [5, 5.41) is 9.76. The Morgan fingerprint density at radius 2 is 2.26 bits per heavy atom. The minimum Gasteiger partial charge on any atom is -0.497 e. The monoisotopic (exact) mass is 369 g/mol. The Labute approximate surface area is 155 Å². The van der Waals surface area contributed by atoms with Crippen molar-refractivity contribution in [3.63, 3.8) is 0 Å². The molecular formula is C20H19NO6. The van der Waals surface area contributed by atoms with Gasteiger partial charge in [-0.2, -0.15) is 0 Å². The maximum Gasteiger partial charge on any atom is 0.310 e. The fourth-order valence-corrected chi connectivity index (χ4v) is 6.02. The number of amides is 1. The number of carboxylic acid groups (broad SMARTS) is 1. The fraction of sp³-hybridized carbons (Fsp3) is 0.500. The second-order valence-corrected chi connectivity index (χ2v) is 7.96. The lowest BCUT2D eigenvalue weighted by Gasteiger charge is -2.44. The zero-order valence-corrected chi connectivity index (χ0v) is 14.7. The lowest BCUT2D eigenvalue weighted by Crippen LogP contribution is -2.53. The molecule has 0 aliphatic carbocycles. The Morgan fingerprint density at radius 1 is 1.41 bits per heavy atom. The first kappa shape index (κ1) is 15.7. The molecule has 5 aliphatic rings. The number of ether oxygens (including phenoxy) is 3. The number of rotatable bonds is 2. The molecule has 0 saturated carbocycles. The van der Waals surface area contributed by atoms with E-state index in [1.54, 1.807) is 12.0 Å². The van der Waals surface area contributed by atoms with E-state index in [4.69, 9.17) is 14.2 Å². The third kappa shape index (κ3) is 1.66. The Balaban J connectivity index is 1.57. The molecule has 7 nitrogen and oxygen atoms in total. The van der Waals surface area contributed by atoms with Crippen molar-refractivity contribution in [2.75, 3.05) is 18.6 Å². The molecule has 6 rings (SSSR count). The minimum absolute atomic E-state index is 0.0644. The Hall–Kier alpha value is -2.38. The van der Waals surface area contributed by atoms with Crippen molar-refractivity contribution in [3.05, 3.63) is 35.9 Å². The predicted molar refractivity (Wildman–Crippen MR) is 92.4 cm³/mol. The van der Waals surface area contributed by atoms with Crippen LogP contribution in [0, 0.1) is 17.8 Å². The summed E-state index contributed by atoms with van der Waals surface area (Å²) in [6.07, 6.45) is 3.90. The molecule has 1 amide bonds. The van der Waals surface area contributed by atoms with E-state index in [0.29, 0.717) is 12.4 Å². The number of aliphatic carboxylic acids is 1. The highest BCUT2D eigenvalue weighted by molar-refractivity contribution is 6.04. The second kappa shape index (κ2) is 4.91. The Morgan fingerprint density at radius 3 is 3.04 bits per heavy atom. The van der Waals surface area contributed by atoms with Crippen LogP contribution in [0.3, 0.4) is 0 Å². The van der Waals surface area contributed by atoms with Crippen LogP contribution in [-0.4, -0.2) is 48.4 Å². The van der Waals surface area contributed by atoms with Gasteiger partial charge in [-0.1, -0.05) is 12.2 Å². The zero-order chi connectivity index (χ0) is 18.5. The third-order valence-electron chi connectivity index (χ3n) is 6.96. The predicted octanol–water partition coefficient (Wildman–Crippen LogP) is 1.53. The van der Waals surface area contributed by atoms with Gasteiger partial charge in [-0.25, -0.2) is 0 Å². The molecule has 1 aromatic carbocycles. The van der Waals surface area contributed by atoms with Crippen LogP contribution in [-0.2, 0) is 19.1 Å². The van der Waals surface area contributed by atoms with Crippen LogP contribution in [0.2, 0.25) is 0 Å². The van der Waals surface area contributed by atoms with Crippen LogP contribution in [0.25, 0.3) is 0 Å². The third-order valence-corrected chi connectivity index (χ3v) is 6.96. The van der Waals surface area contributed by atoms with Gasteiger partial charge in [-0.3, -0.25) is 9.59 Å². The Kier molecular flexibility index (Phi) is 2.85. The van der Waals surface area contributed by atoms with Gasteiger partial charge in [-0.15, -0.1) is 0 Å². The van der Waals surface area contributed by atoms with Gasteiger partial charge in [0.15, 0.2) is 0 Å². The number of carboxylic acids is 1. The average Bonchev–Trinajstić information content (AvgIpc) is 3.41. The average molecular weight is 369 g/mol. The van der Waals surface area contributed by atoms with Gasteiger partial charge in [0.05, 0.1) is 37.0 Å². The topological polar surface area (TPSA) is 85.3 Å². The van der Waals surface area contributed by atoms with Crippen LogP contribution in [0.1, 0.15) is 18.1 Å². The number of benzene rings is 1. The van der Waals surface area contributed by atoms with Crippen LogP contribution in [0.4, 0.5) is 5.69 Å². The maximum atomic E-state index is 13.5. The molecule has 7 atom stereocenters. The molecule has 5 heterocycles. The van der Waals surface area contributed by atoms with E-state index in [1.807, 2.05) is 30.4 Å². The van der Waals surface area contributed by atoms with Crippen molar-refractivity contribution < 1.29 is 28.9 Å². The van der Waals surface area contributed by atoms with E-state index >= 15 is 0 Å². The number of hydrogen-bond donors (Lipinski definition) is 1. The van der Waals surface area contributed by atoms with Crippen LogP contribution >= 0.6 is 0 Å². The van der Waals surface area contributed by atoms with Crippen molar-refractivity contribution in [1.29, 1.82) is 0 Å². The summed E-state index contributed by atoms with van der Waals surface area (Å²) < 4.78 is 17.7. The molecule has 1 aromatic rings. The van der Waals surface area contributed by atoms with E-state index in [9.17, 15) is 14.7 Å². The summed E-state index contributed by atoms with van der Waals surface area (Å²) in [5.74, 6) is -1.88. The van der Waals surface area contributed by atoms with Gasteiger partial charge in [-0.05, 0) is 24.6 Å². The van der Waals surface area contributed by atoms with Crippen LogP contribution in [0.15, 0.2) is 30.4 Å². The van der Waals surface area contributed by atoms with E-state index in [-0.39, 0.29) is 24.0 Å². The molecule has 140 valence electrons. The van der Waals surface area contributed by atoms with Crippen molar-refractivity contribution in [3.8, 4) is 5.75 Å². The van der Waals surface area contributed by atoms with E-state index in [0.717, 1.165) is 17.7 Å². The fourth-order valence-electron chi connectivity index (χ4n) is 6.02. The molecule has 27 heavy (non-hydrogen) atoms. The highest BCUT2D eigenvalue weighted by Crippen LogP contribution is 2.62. The lowest BCUT2D eigenvalue weighted by molar-refractivity contribution is -0.146. The highest BCUT2D eigenvalue weighted by atomic mass is 16.5. The summed E-state index contributed by atoms with van der Waals surface area (Å²) in [7, 11) is 1.61. The molecule has 5 aliphatic heterocycles. The summed E-state index contributed by atoms with van der Waals surface area (Å²) >= 11 is 0. The maximum absolute atomic E-state index is 13.5. The number of methoxy groups -OCH3 is 1. The first-order valence-electron chi connectivity index (χ1n) is 9.29. The molecule has 3 saturated heterocycles. The SMILES string of the molecule is COc1ccc2c(c1)[C@@H]1OCC[C@@H]1[C@@H]1N2C(=O)[C@H]2[C@H](C(=O)O)[C@H]3C=C[C@@]12O3. The van der Waals surface area contributed by atoms with E-state index in [1.165, 1.54) is 0 Å². The van der Waals surface area contributed by atoms with Gasteiger partial charge >= 0.3 is 5.97 Å². The van der Waals surface area contributed by atoms with Crippen molar-refractivity contribution in [1.82, 2.24) is 0 Å². The van der Waals surface area contributed by atoms with Crippen LogP contribution in [0.5, 0.6) is 5.75 Å². The molecular weight excluding hydrogens is 350 g/mol. The van der Waals surface area contributed by atoms with Gasteiger partial charge in [0, 0.05) is 18.1 Å². The largest absolute Gasteiger partial charge is 0.497 e. The smallest absolute Gasteiger partial charge is 0.310 e. The number of carbonyl (C=O) groups excluding carboxylic acids is 1. The molecule has 1 N–H and O–H groups in total. The first-order valence-corrected chi connectivity index (χ1v) is 9.29. The van der Waals surface area contributed by atoms with Crippen LogP contribution < -0.4 is 9.64 Å². The molecule has 7 heteroatoms. The summed E-state index contributed by atoms with van der Waals surface area (Å²) in [4.78, 5) is 27.2. The number of hydrogen-bond acceptors (Lipinski definition) is 5. The van der Waals surface area contributed by atoms with Gasteiger partial charge in [0.1, 0.15) is 17.3 Å². The number of fused-ring (bicyclic) bond motifs is 7.